The third-order valence-corrected chi connectivity index (χ3v) is 3.52. The lowest BCUT2D eigenvalue weighted by molar-refractivity contribution is 0.153. The van der Waals surface area contributed by atoms with Crippen molar-refractivity contribution in [1.82, 2.24) is 25.1 Å². The van der Waals surface area contributed by atoms with Crippen LogP contribution < -0.4 is 5.73 Å². The first kappa shape index (κ1) is 12.0. The maximum absolute atomic E-state index is 7.60. The number of nitrogens with two attached hydrogens (primary N) is 1. The van der Waals surface area contributed by atoms with Crippen LogP contribution in [-0.2, 0) is 13.6 Å². The average molecular weight is 237 g/mol. The molecule has 1 aromatic rings. The smallest absolute Gasteiger partial charge is 0.188 e. The lowest BCUT2D eigenvalue weighted by Gasteiger charge is -2.38. The van der Waals surface area contributed by atoms with Gasteiger partial charge in [-0.25, -0.2) is 0 Å². The predicted octanol–water partition coefficient (Wildman–Crippen LogP) is -0.252. The minimum absolute atomic E-state index is 0.133. The highest BCUT2D eigenvalue weighted by atomic mass is 15.6. The molecule has 2 heterocycles. The van der Waals surface area contributed by atoms with E-state index >= 15 is 0 Å². The summed E-state index contributed by atoms with van der Waals surface area (Å²) in [5.41, 5.74) is 5.50. The Bertz CT molecular complexity index is 403. The first-order valence-corrected chi connectivity index (χ1v) is 5.79. The number of likely N-dealkylation sites (tertiary alicyclic amines) is 1. The van der Waals surface area contributed by atoms with Crippen LogP contribution in [0.3, 0.4) is 0 Å². The second kappa shape index (κ2) is 4.40. The Morgan fingerprint density at radius 1 is 1.47 bits per heavy atom. The molecule has 17 heavy (non-hydrogen) atoms. The van der Waals surface area contributed by atoms with Gasteiger partial charge < -0.3 is 5.73 Å². The molecule has 94 valence electrons. The van der Waals surface area contributed by atoms with Gasteiger partial charge in [0, 0.05) is 5.41 Å². The van der Waals surface area contributed by atoms with Gasteiger partial charge in [0.25, 0.3) is 0 Å². The van der Waals surface area contributed by atoms with Crippen LogP contribution >= 0.6 is 0 Å². The van der Waals surface area contributed by atoms with Crippen molar-refractivity contribution in [2.24, 2.45) is 18.2 Å². The summed E-state index contributed by atoms with van der Waals surface area (Å²) in [6, 6.07) is 0. The van der Waals surface area contributed by atoms with Crippen molar-refractivity contribution in [3.63, 3.8) is 0 Å². The number of nitrogens with zero attached hydrogens (tertiary/aromatic N) is 5. The Kier molecular flexibility index (Phi) is 3.10. The number of amidine groups is 1. The molecule has 1 aromatic heterocycles. The summed E-state index contributed by atoms with van der Waals surface area (Å²) in [5, 5.41) is 19.5. The van der Waals surface area contributed by atoms with Gasteiger partial charge in [-0.05, 0) is 31.1 Å². The molecule has 0 aliphatic carbocycles. The number of nitrogens with one attached hydrogen (secondary N) is 1. The minimum atomic E-state index is -0.133. The molecule has 0 aromatic carbocycles. The highest BCUT2D eigenvalue weighted by Gasteiger charge is 2.33. The van der Waals surface area contributed by atoms with E-state index in [1.807, 2.05) is 0 Å². The minimum Gasteiger partial charge on any atom is -0.387 e. The number of hydrogen-bond donors (Lipinski definition) is 2. The molecule has 1 saturated heterocycles. The normalized spacial score (nSPS) is 20.4. The van der Waals surface area contributed by atoms with Gasteiger partial charge in [-0.3, -0.25) is 10.3 Å². The van der Waals surface area contributed by atoms with Crippen molar-refractivity contribution >= 4 is 5.84 Å². The van der Waals surface area contributed by atoms with Gasteiger partial charge in [-0.1, -0.05) is 6.92 Å². The SMILES string of the molecule is Cn1nnc(CN2CCC(C)(C(=N)N)CC2)n1. The highest BCUT2D eigenvalue weighted by molar-refractivity contribution is 5.83. The van der Waals surface area contributed by atoms with Crippen molar-refractivity contribution in [2.75, 3.05) is 13.1 Å². The summed E-state index contributed by atoms with van der Waals surface area (Å²) in [6.45, 7) is 4.64. The van der Waals surface area contributed by atoms with Gasteiger partial charge in [0.15, 0.2) is 5.82 Å². The van der Waals surface area contributed by atoms with Gasteiger partial charge in [-0.15, -0.1) is 10.2 Å². The van der Waals surface area contributed by atoms with E-state index in [0.717, 1.165) is 38.3 Å². The second-order valence-corrected chi connectivity index (χ2v) is 4.95. The summed E-state index contributed by atoms with van der Waals surface area (Å²) < 4.78 is 0. The molecular weight excluding hydrogens is 218 g/mol. The van der Waals surface area contributed by atoms with Crippen molar-refractivity contribution in [1.29, 1.82) is 5.41 Å². The monoisotopic (exact) mass is 237 g/mol. The standard InChI is InChI=1S/C10H19N7/c1-10(9(11)12)3-5-17(6-4-10)7-8-13-15-16(2)14-8/h3-7H2,1-2H3,(H3,11,12). The third kappa shape index (κ3) is 2.60. The molecule has 0 unspecified atom stereocenters. The molecule has 0 radical (unpaired) electrons. The molecule has 1 fully saturated rings. The van der Waals surface area contributed by atoms with Crippen LogP contribution in [-0.4, -0.2) is 44.0 Å². The molecule has 7 nitrogen and oxygen atoms in total. The maximum Gasteiger partial charge on any atom is 0.188 e. The fraction of sp³-hybridized carbons (Fsp3) is 0.800. The van der Waals surface area contributed by atoms with E-state index < -0.39 is 0 Å². The molecule has 0 saturated carbocycles. The van der Waals surface area contributed by atoms with Crippen LogP contribution in [0.4, 0.5) is 0 Å². The predicted molar refractivity (Wildman–Crippen MR) is 63.3 cm³/mol. The Morgan fingerprint density at radius 3 is 2.59 bits per heavy atom. The van der Waals surface area contributed by atoms with E-state index in [1.54, 1.807) is 7.05 Å². The largest absolute Gasteiger partial charge is 0.387 e. The molecule has 7 heteroatoms. The van der Waals surface area contributed by atoms with Gasteiger partial charge in [0.1, 0.15) is 0 Å². The fourth-order valence-corrected chi connectivity index (χ4v) is 2.06. The van der Waals surface area contributed by atoms with E-state index in [-0.39, 0.29) is 5.41 Å². The lowest BCUT2D eigenvalue weighted by atomic mass is 9.79. The van der Waals surface area contributed by atoms with Gasteiger partial charge in [0.2, 0.25) is 0 Å². The summed E-state index contributed by atoms with van der Waals surface area (Å²) in [4.78, 5) is 3.75. The Labute approximate surface area is 100 Å². The Balaban J connectivity index is 1.89. The van der Waals surface area contributed by atoms with Crippen molar-refractivity contribution < 1.29 is 0 Å². The van der Waals surface area contributed by atoms with Gasteiger partial charge >= 0.3 is 0 Å². The van der Waals surface area contributed by atoms with E-state index in [0.29, 0.717) is 5.84 Å². The quantitative estimate of drug-likeness (QED) is 0.558. The number of aryl methyl sites for hydroxylation is 1. The first-order chi connectivity index (χ1) is 7.99. The summed E-state index contributed by atoms with van der Waals surface area (Å²) in [7, 11) is 1.76. The van der Waals surface area contributed by atoms with E-state index in [9.17, 15) is 0 Å². The molecule has 3 N–H and O–H groups in total. The molecule has 0 atom stereocenters. The highest BCUT2D eigenvalue weighted by Crippen LogP contribution is 2.30. The molecular formula is C10H19N7. The molecule has 2 rings (SSSR count). The molecule has 1 aliphatic heterocycles. The van der Waals surface area contributed by atoms with Crippen LogP contribution in [0.2, 0.25) is 0 Å². The van der Waals surface area contributed by atoms with Gasteiger partial charge in [-0.2, -0.15) is 4.80 Å². The Hall–Kier alpha value is -1.50. The third-order valence-electron chi connectivity index (χ3n) is 3.52. The van der Waals surface area contributed by atoms with E-state index in [1.165, 1.54) is 4.80 Å². The number of aromatic nitrogens is 4. The number of piperidine rings is 1. The zero-order valence-corrected chi connectivity index (χ0v) is 10.3. The summed E-state index contributed by atoms with van der Waals surface area (Å²) in [5.74, 6) is 1.05. The second-order valence-electron chi connectivity index (χ2n) is 4.95. The van der Waals surface area contributed by atoms with E-state index in [4.69, 9.17) is 11.1 Å². The van der Waals surface area contributed by atoms with Crippen molar-refractivity contribution in [3.8, 4) is 0 Å². The lowest BCUT2D eigenvalue weighted by Crippen LogP contribution is -2.44. The average Bonchev–Trinajstić information content (AvgIpc) is 2.67. The van der Waals surface area contributed by atoms with Crippen LogP contribution in [0.1, 0.15) is 25.6 Å². The summed E-state index contributed by atoms with van der Waals surface area (Å²) >= 11 is 0. The topological polar surface area (TPSA) is 96.7 Å². The molecule has 0 bridgehead atoms. The van der Waals surface area contributed by atoms with Crippen LogP contribution in [0.25, 0.3) is 0 Å². The first-order valence-electron chi connectivity index (χ1n) is 5.79. The van der Waals surface area contributed by atoms with E-state index in [2.05, 4.69) is 27.2 Å². The zero-order valence-electron chi connectivity index (χ0n) is 10.3. The fourth-order valence-electron chi connectivity index (χ4n) is 2.06. The molecule has 1 aliphatic rings. The van der Waals surface area contributed by atoms with Crippen LogP contribution in [0, 0.1) is 10.8 Å². The number of rotatable bonds is 3. The number of hydrogen-bond acceptors (Lipinski definition) is 5. The van der Waals surface area contributed by atoms with Gasteiger partial charge in [0.05, 0.1) is 19.4 Å². The van der Waals surface area contributed by atoms with Crippen molar-refractivity contribution in [2.45, 2.75) is 26.3 Å². The number of tetrazole rings is 1. The Morgan fingerprint density at radius 2 is 2.12 bits per heavy atom. The molecule has 0 spiro atoms. The van der Waals surface area contributed by atoms with Crippen molar-refractivity contribution in [3.05, 3.63) is 5.82 Å². The summed E-state index contributed by atoms with van der Waals surface area (Å²) in [6.07, 6.45) is 1.84. The maximum atomic E-state index is 7.60. The van der Waals surface area contributed by atoms with Crippen LogP contribution in [0.15, 0.2) is 0 Å². The zero-order chi connectivity index (χ0) is 12.5. The molecule has 0 amide bonds. The van der Waals surface area contributed by atoms with Crippen LogP contribution in [0.5, 0.6) is 0 Å².